The van der Waals surface area contributed by atoms with Crippen molar-refractivity contribution in [1.29, 1.82) is 0 Å². The molecule has 3 heterocycles. The molecule has 1 fully saturated rings. The van der Waals surface area contributed by atoms with Crippen LogP contribution in [0.15, 0.2) is 54.2 Å². The number of hydrogen-bond donors (Lipinski definition) is 1. The van der Waals surface area contributed by atoms with Crippen molar-refractivity contribution < 1.29 is 9.53 Å². The quantitative estimate of drug-likeness (QED) is 0.715. The Bertz CT molecular complexity index is 921. The van der Waals surface area contributed by atoms with E-state index in [2.05, 4.69) is 20.2 Å². The number of ether oxygens (including phenoxy) is 1. The van der Waals surface area contributed by atoms with Crippen LogP contribution in [0.3, 0.4) is 0 Å². The summed E-state index contributed by atoms with van der Waals surface area (Å²) in [5, 5.41) is 5.67. The third-order valence-electron chi connectivity index (χ3n) is 4.64. The highest BCUT2D eigenvalue weighted by Crippen LogP contribution is 2.23. The van der Waals surface area contributed by atoms with Crippen LogP contribution in [0.2, 0.25) is 0 Å². The highest BCUT2D eigenvalue weighted by atomic mass is 32.1. The Morgan fingerprint density at radius 2 is 1.93 bits per heavy atom. The number of methoxy groups -OCH3 is 1. The second-order valence-corrected chi connectivity index (χ2v) is 7.24. The molecule has 3 aromatic rings. The van der Waals surface area contributed by atoms with Gasteiger partial charge in [0.05, 0.1) is 19.0 Å². The Kier molecular flexibility index (Phi) is 5.38. The van der Waals surface area contributed by atoms with Crippen LogP contribution >= 0.6 is 11.3 Å². The normalized spacial score (nSPS) is 14.0. The van der Waals surface area contributed by atoms with Crippen LogP contribution in [0, 0.1) is 0 Å². The molecule has 0 bridgehead atoms. The van der Waals surface area contributed by atoms with E-state index in [4.69, 9.17) is 4.74 Å². The van der Waals surface area contributed by atoms with Crippen molar-refractivity contribution in [3.8, 4) is 5.75 Å². The van der Waals surface area contributed by atoms with Gasteiger partial charge in [0.2, 0.25) is 0 Å². The van der Waals surface area contributed by atoms with E-state index >= 15 is 0 Å². The van der Waals surface area contributed by atoms with E-state index in [0.717, 1.165) is 30.2 Å². The summed E-state index contributed by atoms with van der Waals surface area (Å²) in [6.07, 6.45) is 3.44. The fraction of sp³-hybridized carbons (Fsp3) is 0.250. The molecule has 1 saturated heterocycles. The van der Waals surface area contributed by atoms with Crippen LogP contribution < -0.4 is 15.0 Å². The van der Waals surface area contributed by atoms with Crippen LogP contribution in [-0.2, 0) is 0 Å². The number of anilines is 3. The van der Waals surface area contributed by atoms with E-state index < -0.39 is 0 Å². The number of carbonyl (C=O) groups is 1. The zero-order valence-electron chi connectivity index (χ0n) is 15.5. The van der Waals surface area contributed by atoms with Crippen molar-refractivity contribution in [3.05, 3.63) is 59.9 Å². The fourth-order valence-corrected chi connectivity index (χ4v) is 3.82. The molecular weight excluding hydrogens is 374 g/mol. The zero-order valence-corrected chi connectivity index (χ0v) is 16.4. The number of rotatable bonds is 5. The Hall–Kier alpha value is -3.13. The molecule has 0 radical (unpaired) electrons. The molecule has 1 aliphatic rings. The highest BCUT2D eigenvalue weighted by Gasteiger charge is 2.24. The minimum Gasteiger partial charge on any atom is -0.497 e. The number of aromatic nitrogens is 2. The van der Waals surface area contributed by atoms with E-state index in [1.54, 1.807) is 24.9 Å². The first kappa shape index (κ1) is 18.2. The van der Waals surface area contributed by atoms with E-state index in [9.17, 15) is 4.79 Å². The Balaban J connectivity index is 1.35. The van der Waals surface area contributed by atoms with E-state index in [-0.39, 0.29) is 5.91 Å². The van der Waals surface area contributed by atoms with Crippen LogP contribution in [-0.4, -0.2) is 54.1 Å². The number of nitrogens with one attached hydrogen (secondary N) is 1. The van der Waals surface area contributed by atoms with Crippen LogP contribution in [0.1, 0.15) is 10.5 Å². The average molecular weight is 395 g/mol. The SMILES string of the molecule is COc1ccc(N2CCN(C(=O)c3csc(Nc4cccnc4)n3)CC2)cc1. The molecule has 2 aromatic heterocycles. The molecule has 144 valence electrons. The van der Waals surface area contributed by atoms with Crippen LogP contribution in [0.5, 0.6) is 5.75 Å². The lowest BCUT2D eigenvalue weighted by Gasteiger charge is -2.35. The van der Waals surface area contributed by atoms with E-state index in [1.165, 1.54) is 11.3 Å². The highest BCUT2D eigenvalue weighted by molar-refractivity contribution is 7.14. The number of carbonyl (C=O) groups excluding carboxylic acids is 1. The van der Waals surface area contributed by atoms with E-state index in [0.29, 0.717) is 23.9 Å². The minimum absolute atomic E-state index is 0.0233. The number of pyridine rings is 1. The lowest BCUT2D eigenvalue weighted by atomic mass is 10.2. The summed E-state index contributed by atoms with van der Waals surface area (Å²) < 4.78 is 5.21. The maximum absolute atomic E-state index is 12.8. The Labute approximate surface area is 167 Å². The molecule has 7 nitrogen and oxygen atoms in total. The zero-order chi connectivity index (χ0) is 19.3. The number of piperazine rings is 1. The minimum atomic E-state index is -0.0233. The van der Waals surface area contributed by atoms with Crippen LogP contribution in [0.25, 0.3) is 0 Å². The maximum atomic E-state index is 12.8. The Morgan fingerprint density at radius 1 is 1.14 bits per heavy atom. The molecule has 0 unspecified atom stereocenters. The van der Waals surface area contributed by atoms with Crippen molar-refractivity contribution in [2.75, 3.05) is 43.5 Å². The van der Waals surface area contributed by atoms with Gasteiger partial charge in [-0.3, -0.25) is 9.78 Å². The van der Waals surface area contributed by atoms with Gasteiger partial charge in [-0.25, -0.2) is 4.98 Å². The van der Waals surface area contributed by atoms with Gasteiger partial charge in [-0.2, -0.15) is 0 Å². The number of hydrogen-bond acceptors (Lipinski definition) is 7. The molecule has 1 aliphatic heterocycles. The molecule has 0 aliphatic carbocycles. The molecule has 8 heteroatoms. The van der Waals surface area contributed by atoms with Gasteiger partial charge in [0, 0.05) is 43.4 Å². The van der Waals surface area contributed by atoms with Gasteiger partial charge in [-0.05, 0) is 36.4 Å². The number of thiazole rings is 1. The molecule has 0 saturated carbocycles. The van der Waals surface area contributed by atoms with Gasteiger partial charge in [0.1, 0.15) is 11.4 Å². The van der Waals surface area contributed by atoms with Crippen molar-refractivity contribution in [2.24, 2.45) is 0 Å². The average Bonchev–Trinajstić information content (AvgIpc) is 3.22. The predicted octanol–water partition coefficient (Wildman–Crippen LogP) is 3.25. The van der Waals surface area contributed by atoms with Gasteiger partial charge in [0.25, 0.3) is 5.91 Å². The Morgan fingerprint density at radius 3 is 2.61 bits per heavy atom. The van der Waals surface area contributed by atoms with Crippen molar-refractivity contribution in [2.45, 2.75) is 0 Å². The van der Waals surface area contributed by atoms with Gasteiger partial charge in [-0.1, -0.05) is 0 Å². The molecular formula is C20H21N5O2S. The van der Waals surface area contributed by atoms with Crippen LogP contribution in [0.4, 0.5) is 16.5 Å². The molecule has 1 N–H and O–H groups in total. The predicted molar refractivity (Wildman–Crippen MR) is 111 cm³/mol. The number of benzene rings is 1. The van der Waals surface area contributed by atoms with Gasteiger partial charge < -0.3 is 19.9 Å². The largest absolute Gasteiger partial charge is 0.497 e. The molecule has 0 spiro atoms. The second kappa shape index (κ2) is 8.26. The first-order valence-corrected chi connectivity index (χ1v) is 9.92. The fourth-order valence-electron chi connectivity index (χ4n) is 3.11. The third kappa shape index (κ3) is 4.07. The maximum Gasteiger partial charge on any atom is 0.273 e. The van der Waals surface area contributed by atoms with Crippen molar-refractivity contribution in [3.63, 3.8) is 0 Å². The standard InChI is InChI=1S/C20H21N5O2S/c1-27-17-6-4-16(5-7-17)24-9-11-25(12-10-24)19(26)18-14-28-20(23-18)22-15-3-2-8-21-13-15/h2-8,13-14H,9-12H2,1H3,(H,22,23). The summed E-state index contributed by atoms with van der Waals surface area (Å²) >= 11 is 1.42. The lowest BCUT2D eigenvalue weighted by molar-refractivity contribution is 0.0742. The summed E-state index contributed by atoms with van der Waals surface area (Å²) in [6, 6.07) is 11.8. The lowest BCUT2D eigenvalue weighted by Crippen LogP contribution is -2.48. The van der Waals surface area contributed by atoms with Gasteiger partial charge in [0.15, 0.2) is 5.13 Å². The molecule has 1 amide bonds. The monoisotopic (exact) mass is 395 g/mol. The third-order valence-corrected chi connectivity index (χ3v) is 5.40. The van der Waals surface area contributed by atoms with Gasteiger partial charge >= 0.3 is 0 Å². The van der Waals surface area contributed by atoms with Gasteiger partial charge in [-0.15, -0.1) is 11.3 Å². The topological polar surface area (TPSA) is 70.6 Å². The summed E-state index contributed by atoms with van der Waals surface area (Å²) in [5.41, 5.74) is 2.47. The number of amides is 1. The summed E-state index contributed by atoms with van der Waals surface area (Å²) in [7, 11) is 1.66. The van der Waals surface area contributed by atoms with Crippen molar-refractivity contribution >= 4 is 33.8 Å². The molecule has 4 rings (SSSR count). The summed E-state index contributed by atoms with van der Waals surface area (Å²) in [5.74, 6) is 0.821. The molecule has 0 atom stereocenters. The number of nitrogens with zero attached hydrogens (tertiary/aromatic N) is 4. The second-order valence-electron chi connectivity index (χ2n) is 6.38. The first-order chi connectivity index (χ1) is 13.7. The van der Waals surface area contributed by atoms with E-state index in [1.807, 2.05) is 41.3 Å². The molecule has 1 aromatic carbocycles. The van der Waals surface area contributed by atoms with Crippen molar-refractivity contribution in [1.82, 2.24) is 14.9 Å². The smallest absolute Gasteiger partial charge is 0.273 e. The summed E-state index contributed by atoms with van der Waals surface area (Å²) in [6.45, 7) is 2.94. The first-order valence-electron chi connectivity index (χ1n) is 9.04. The summed E-state index contributed by atoms with van der Waals surface area (Å²) in [4.78, 5) is 25.4. The molecule has 28 heavy (non-hydrogen) atoms.